The number of benzene rings is 2. The summed E-state index contributed by atoms with van der Waals surface area (Å²) in [5.41, 5.74) is 7.30. The molecule has 1 aliphatic rings. The molecule has 3 aromatic rings. The number of halogens is 1. The minimum absolute atomic E-state index is 0.0661. The lowest BCUT2D eigenvalue weighted by molar-refractivity contribution is -0.114. The largest absolute Gasteiger partial charge is 0.478 e. The predicted octanol–water partition coefficient (Wildman–Crippen LogP) is 4.20. The SMILES string of the molecule is CC1=NN(c2ccc(Cl)c(C(=O)O)c2)C(=O)C1=Cc1ccc(-c2ccc(C(N)=O)cc2)o1. The first-order valence-corrected chi connectivity index (χ1v) is 9.77. The van der Waals surface area contributed by atoms with E-state index < -0.39 is 17.8 Å². The number of hydrogen-bond donors (Lipinski definition) is 2. The van der Waals surface area contributed by atoms with Crippen LogP contribution in [0.2, 0.25) is 5.02 Å². The van der Waals surface area contributed by atoms with Gasteiger partial charge in [-0.2, -0.15) is 10.1 Å². The first-order valence-electron chi connectivity index (χ1n) is 9.39. The van der Waals surface area contributed by atoms with Gasteiger partial charge in [-0.05, 0) is 55.5 Å². The molecular weight excluding hydrogens is 434 g/mol. The Morgan fingerprint density at radius 2 is 1.84 bits per heavy atom. The molecule has 2 amide bonds. The number of nitrogens with zero attached hydrogens (tertiary/aromatic N) is 2. The molecule has 8 nitrogen and oxygen atoms in total. The highest BCUT2D eigenvalue weighted by Crippen LogP contribution is 2.30. The third-order valence-corrected chi connectivity index (χ3v) is 5.18. The monoisotopic (exact) mass is 449 g/mol. The molecule has 0 fully saturated rings. The van der Waals surface area contributed by atoms with E-state index >= 15 is 0 Å². The summed E-state index contributed by atoms with van der Waals surface area (Å²) >= 11 is 5.91. The third-order valence-electron chi connectivity index (χ3n) is 4.85. The highest BCUT2D eigenvalue weighted by atomic mass is 35.5. The molecule has 2 aromatic carbocycles. The Balaban J connectivity index is 1.60. The third kappa shape index (κ3) is 3.91. The van der Waals surface area contributed by atoms with E-state index in [1.807, 2.05) is 0 Å². The van der Waals surface area contributed by atoms with Crippen molar-refractivity contribution in [3.8, 4) is 11.3 Å². The summed E-state index contributed by atoms with van der Waals surface area (Å²) in [4.78, 5) is 35.5. The number of carbonyl (C=O) groups is 3. The van der Waals surface area contributed by atoms with Gasteiger partial charge < -0.3 is 15.3 Å². The lowest BCUT2D eigenvalue weighted by Gasteiger charge is -2.12. The normalized spacial score (nSPS) is 14.7. The van der Waals surface area contributed by atoms with E-state index in [-0.39, 0.29) is 16.3 Å². The van der Waals surface area contributed by atoms with Crippen LogP contribution >= 0.6 is 11.6 Å². The number of aromatic carboxylic acids is 1. The van der Waals surface area contributed by atoms with Crippen LogP contribution in [0.25, 0.3) is 17.4 Å². The van der Waals surface area contributed by atoms with Gasteiger partial charge in [0, 0.05) is 11.1 Å². The smallest absolute Gasteiger partial charge is 0.337 e. The molecular formula is C23H16ClN3O5. The molecule has 9 heteroatoms. The van der Waals surface area contributed by atoms with Crippen LogP contribution in [0.3, 0.4) is 0 Å². The van der Waals surface area contributed by atoms with Crippen LogP contribution in [-0.4, -0.2) is 28.6 Å². The van der Waals surface area contributed by atoms with Gasteiger partial charge in [-0.3, -0.25) is 9.59 Å². The molecule has 4 rings (SSSR count). The number of hydrazone groups is 1. The molecule has 2 heterocycles. The number of carboxylic acid groups (broad SMARTS) is 1. The molecule has 0 spiro atoms. The number of anilines is 1. The average Bonchev–Trinajstić information content (AvgIpc) is 3.34. The Labute approximate surface area is 187 Å². The van der Waals surface area contributed by atoms with Crippen LogP contribution in [0.15, 0.2) is 69.7 Å². The highest BCUT2D eigenvalue weighted by Gasteiger charge is 2.30. The van der Waals surface area contributed by atoms with Crippen LogP contribution in [0, 0.1) is 0 Å². The zero-order valence-corrected chi connectivity index (χ0v) is 17.5. The Morgan fingerprint density at radius 1 is 1.12 bits per heavy atom. The quantitative estimate of drug-likeness (QED) is 0.564. The maximum atomic E-state index is 12.9. The van der Waals surface area contributed by atoms with Crippen molar-refractivity contribution < 1.29 is 23.9 Å². The van der Waals surface area contributed by atoms with Crippen LogP contribution in [0.5, 0.6) is 0 Å². The Hall–Kier alpha value is -4.17. The van der Waals surface area contributed by atoms with E-state index in [2.05, 4.69) is 5.10 Å². The number of amides is 2. The number of hydrogen-bond acceptors (Lipinski definition) is 5. The summed E-state index contributed by atoms with van der Waals surface area (Å²) < 4.78 is 5.82. The minimum Gasteiger partial charge on any atom is -0.478 e. The summed E-state index contributed by atoms with van der Waals surface area (Å²) in [6.45, 7) is 1.67. The molecule has 0 saturated carbocycles. The van der Waals surface area contributed by atoms with Gasteiger partial charge in [-0.25, -0.2) is 4.79 Å². The van der Waals surface area contributed by atoms with E-state index in [0.29, 0.717) is 28.4 Å². The van der Waals surface area contributed by atoms with Crippen molar-refractivity contribution in [2.45, 2.75) is 6.92 Å². The molecule has 0 radical (unpaired) electrons. The number of furan rings is 1. The fraction of sp³-hybridized carbons (Fsp3) is 0.0435. The molecule has 160 valence electrons. The number of carbonyl (C=O) groups excluding carboxylic acids is 2. The number of nitrogens with two attached hydrogens (primary N) is 1. The van der Waals surface area contributed by atoms with Crippen LogP contribution in [-0.2, 0) is 4.79 Å². The molecule has 0 aliphatic carbocycles. The van der Waals surface area contributed by atoms with Gasteiger partial charge in [-0.15, -0.1) is 0 Å². The van der Waals surface area contributed by atoms with Crippen LogP contribution in [0.4, 0.5) is 5.69 Å². The Kier molecular flexibility index (Phi) is 5.38. The molecule has 1 aromatic heterocycles. The van der Waals surface area contributed by atoms with Gasteiger partial charge >= 0.3 is 5.97 Å². The number of rotatable bonds is 5. The van der Waals surface area contributed by atoms with Gasteiger partial charge in [0.1, 0.15) is 11.5 Å². The first-order chi connectivity index (χ1) is 15.2. The summed E-state index contributed by atoms with van der Waals surface area (Å²) in [5, 5.41) is 14.7. The van der Waals surface area contributed by atoms with Crippen molar-refractivity contribution in [3.05, 3.63) is 82.1 Å². The van der Waals surface area contributed by atoms with Gasteiger partial charge in [0.2, 0.25) is 5.91 Å². The zero-order valence-electron chi connectivity index (χ0n) is 16.7. The van der Waals surface area contributed by atoms with Crippen LogP contribution < -0.4 is 10.7 Å². The van der Waals surface area contributed by atoms with Crippen molar-refractivity contribution in [2.24, 2.45) is 10.8 Å². The minimum atomic E-state index is -1.20. The van der Waals surface area contributed by atoms with E-state index in [1.165, 1.54) is 18.2 Å². The highest BCUT2D eigenvalue weighted by molar-refractivity contribution is 6.34. The van der Waals surface area contributed by atoms with Gasteiger partial charge in [0.15, 0.2) is 0 Å². The summed E-state index contributed by atoms with van der Waals surface area (Å²) in [5.74, 6) is -1.16. The number of primary amides is 1. The van der Waals surface area contributed by atoms with Crippen molar-refractivity contribution in [1.29, 1.82) is 0 Å². The van der Waals surface area contributed by atoms with Crippen molar-refractivity contribution in [3.63, 3.8) is 0 Å². The second-order valence-electron chi connectivity index (χ2n) is 6.97. The maximum absolute atomic E-state index is 12.9. The standard InChI is InChI=1S/C23H16ClN3O5/c1-12-17(22(29)27(26-12)15-6-8-19(24)18(10-15)23(30)31)11-16-7-9-20(32-16)13-2-4-14(5-3-13)21(25)28/h2-11H,1H3,(H2,25,28)(H,30,31). The van der Waals surface area contributed by atoms with E-state index in [1.54, 1.807) is 49.4 Å². The van der Waals surface area contributed by atoms with Gasteiger partial charge in [-0.1, -0.05) is 23.7 Å². The molecule has 32 heavy (non-hydrogen) atoms. The summed E-state index contributed by atoms with van der Waals surface area (Å²) in [6, 6.07) is 14.3. The molecule has 0 unspecified atom stereocenters. The van der Waals surface area contributed by atoms with Gasteiger partial charge in [0.05, 0.1) is 27.6 Å². The first kappa shape index (κ1) is 21.1. The maximum Gasteiger partial charge on any atom is 0.337 e. The van der Waals surface area contributed by atoms with Crippen molar-refractivity contribution in [1.82, 2.24) is 0 Å². The fourth-order valence-corrected chi connectivity index (χ4v) is 3.39. The molecule has 0 saturated heterocycles. The Bertz CT molecular complexity index is 1320. The number of carboxylic acids is 1. The fourth-order valence-electron chi connectivity index (χ4n) is 3.19. The summed E-state index contributed by atoms with van der Waals surface area (Å²) in [7, 11) is 0. The predicted molar refractivity (Wildman–Crippen MR) is 120 cm³/mol. The van der Waals surface area contributed by atoms with E-state index in [0.717, 1.165) is 10.6 Å². The second kappa shape index (κ2) is 8.16. The summed E-state index contributed by atoms with van der Waals surface area (Å²) in [6.07, 6.45) is 1.57. The lowest BCUT2D eigenvalue weighted by Crippen LogP contribution is -2.21. The molecule has 0 atom stereocenters. The molecule has 1 aliphatic heterocycles. The van der Waals surface area contributed by atoms with Crippen LogP contribution in [0.1, 0.15) is 33.4 Å². The van der Waals surface area contributed by atoms with E-state index in [4.69, 9.17) is 21.8 Å². The van der Waals surface area contributed by atoms with Crippen molar-refractivity contribution >= 4 is 46.9 Å². The topological polar surface area (TPSA) is 126 Å². The average molecular weight is 450 g/mol. The van der Waals surface area contributed by atoms with Crippen molar-refractivity contribution in [2.75, 3.05) is 5.01 Å². The molecule has 0 bridgehead atoms. The zero-order chi connectivity index (χ0) is 23.0. The van der Waals surface area contributed by atoms with Gasteiger partial charge in [0.25, 0.3) is 5.91 Å². The lowest BCUT2D eigenvalue weighted by atomic mass is 10.1. The molecule has 3 N–H and O–H groups in total. The Morgan fingerprint density at radius 3 is 2.50 bits per heavy atom. The van der Waals surface area contributed by atoms with E-state index in [9.17, 15) is 19.5 Å². The second-order valence-corrected chi connectivity index (χ2v) is 7.38.